The third-order valence-electron chi connectivity index (χ3n) is 8.48. The first-order valence-corrected chi connectivity index (χ1v) is 12.6. The van der Waals surface area contributed by atoms with Gasteiger partial charge in [0.05, 0.1) is 5.92 Å². The van der Waals surface area contributed by atoms with Gasteiger partial charge in [0, 0.05) is 31.0 Å². The standard InChI is InChI=1S/C28H30N2O5/c31-26(30-13-22-23(14-30)25(22)27(32)33)16-6-5-7-17(12-16)29-28(34)35-15-24-20-10-3-1-8-18(20)19-9-2-4-11-21(19)24/h1-4,8-11,16-17,22-25H,5-7,12-15H2,(H,29,34)(H,32,33)/t16-,17-,22?,23?,25?/m1/s1. The van der Waals surface area contributed by atoms with Crippen molar-refractivity contribution in [3.8, 4) is 11.1 Å². The van der Waals surface area contributed by atoms with E-state index in [1.165, 1.54) is 22.3 Å². The number of ether oxygens (including phenoxy) is 1. The lowest BCUT2D eigenvalue weighted by molar-refractivity contribution is -0.142. The van der Waals surface area contributed by atoms with Gasteiger partial charge in [-0.3, -0.25) is 9.59 Å². The maximum atomic E-state index is 13.0. The number of fused-ring (bicyclic) bond motifs is 4. The Bertz CT molecular complexity index is 1120. The first-order valence-electron chi connectivity index (χ1n) is 12.6. The molecule has 7 nitrogen and oxygen atoms in total. The van der Waals surface area contributed by atoms with E-state index >= 15 is 0 Å². The van der Waals surface area contributed by atoms with Crippen LogP contribution < -0.4 is 5.32 Å². The van der Waals surface area contributed by atoms with Crippen molar-refractivity contribution in [1.29, 1.82) is 0 Å². The van der Waals surface area contributed by atoms with Gasteiger partial charge in [0.25, 0.3) is 0 Å². The quantitative estimate of drug-likeness (QED) is 0.686. The third-order valence-corrected chi connectivity index (χ3v) is 8.48. The molecule has 1 aliphatic heterocycles. The molecule has 182 valence electrons. The normalized spacial score (nSPS) is 28.6. The highest BCUT2D eigenvalue weighted by Crippen LogP contribution is 2.52. The van der Waals surface area contributed by atoms with E-state index in [0.717, 1.165) is 19.3 Å². The van der Waals surface area contributed by atoms with Crippen LogP contribution in [-0.2, 0) is 14.3 Å². The van der Waals surface area contributed by atoms with Gasteiger partial charge in [0.2, 0.25) is 5.91 Å². The summed E-state index contributed by atoms with van der Waals surface area (Å²) in [5, 5.41) is 12.2. The number of benzene rings is 2. The Kier molecular flexibility index (Phi) is 5.50. The number of rotatable bonds is 5. The van der Waals surface area contributed by atoms with Crippen LogP contribution in [0.3, 0.4) is 0 Å². The number of hydrogen-bond acceptors (Lipinski definition) is 4. The number of likely N-dealkylation sites (tertiary alicyclic amines) is 1. The Morgan fingerprint density at radius 1 is 0.943 bits per heavy atom. The molecule has 0 bridgehead atoms. The van der Waals surface area contributed by atoms with Crippen molar-refractivity contribution < 1.29 is 24.2 Å². The predicted octanol–water partition coefficient (Wildman–Crippen LogP) is 3.87. The second kappa shape index (κ2) is 8.70. The van der Waals surface area contributed by atoms with E-state index in [2.05, 4.69) is 29.6 Å². The molecule has 4 aliphatic rings. The van der Waals surface area contributed by atoms with E-state index in [1.807, 2.05) is 29.2 Å². The molecule has 2 saturated carbocycles. The number of nitrogens with one attached hydrogen (secondary N) is 1. The number of alkyl carbamates (subject to hydrolysis) is 1. The lowest BCUT2D eigenvalue weighted by Crippen LogP contribution is -2.44. The second-order valence-electron chi connectivity index (χ2n) is 10.5. The zero-order valence-electron chi connectivity index (χ0n) is 19.6. The fraction of sp³-hybridized carbons (Fsp3) is 0.464. The van der Waals surface area contributed by atoms with Gasteiger partial charge in [0.1, 0.15) is 6.61 Å². The molecule has 2 aromatic rings. The van der Waals surface area contributed by atoms with Gasteiger partial charge >= 0.3 is 12.1 Å². The zero-order chi connectivity index (χ0) is 24.1. The first-order chi connectivity index (χ1) is 17.0. The number of carbonyl (C=O) groups is 3. The fourth-order valence-corrected chi connectivity index (χ4v) is 6.68. The number of amides is 2. The minimum atomic E-state index is -0.739. The molecular formula is C28H30N2O5. The Balaban J connectivity index is 1.02. The molecule has 2 aromatic carbocycles. The molecule has 2 amide bonds. The average molecular weight is 475 g/mol. The molecule has 2 unspecified atom stereocenters. The molecule has 7 heteroatoms. The molecule has 1 heterocycles. The van der Waals surface area contributed by atoms with E-state index < -0.39 is 12.1 Å². The van der Waals surface area contributed by atoms with Crippen LogP contribution in [0.1, 0.15) is 42.7 Å². The van der Waals surface area contributed by atoms with Gasteiger partial charge in [-0.2, -0.15) is 0 Å². The van der Waals surface area contributed by atoms with Gasteiger partial charge in [-0.15, -0.1) is 0 Å². The fourth-order valence-electron chi connectivity index (χ4n) is 6.68. The van der Waals surface area contributed by atoms with Crippen LogP contribution in [-0.4, -0.2) is 53.7 Å². The van der Waals surface area contributed by atoms with Crippen molar-refractivity contribution in [1.82, 2.24) is 10.2 Å². The van der Waals surface area contributed by atoms with Crippen molar-refractivity contribution in [2.75, 3.05) is 19.7 Å². The smallest absolute Gasteiger partial charge is 0.407 e. The largest absolute Gasteiger partial charge is 0.481 e. The van der Waals surface area contributed by atoms with Gasteiger partial charge in [-0.05, 0) is 53.4 Å². The Morgan fingerprint density at radius 3 is 2.20 bits per heavy atom. The van der Waals surface area contributed by atoms with Crippen molar-refractivity contribution in [2.24, 2.45) is 23.7 Å². The Hall–Kier alpha value is -3.35. The highest BCUT2D eigenvalue weighted by Gasteiger charge is 2.60. The van der Waals surface area contributed by atoms with E-state index in [1.54, 1.807) is 0 Å². The monoisotopic (exact) mass is 474 g/mol. The molecule has 4 atom stereocenters. The zero-order valence-corrected chi connectivity index (χ0v) is 19.6. The third kappa shape index (κ3) is 3.97. The summed E-state index contributed by atoms with van der Waals surface area (Å²) in [4.78, 5) is 38.8. The summed E-state index contributed by atoms with van der Waals surface area (Å²) in [6, 6.07) is 16.4. The summed E-state index contributed by atoms with van der Waals surface area (Å²) in [7, 11) is 0. The molecule has 0 aromatic heterocycles. The topological polar surface area (TPSA) is 95.9 Å². The molecule has 2 N–H and O–H groups in total. The molecule has 6 rings (SSSR count). The van der Waals surface area contributed by atoms with Gasteiger partial charge in [-0.25, -0.2) is 4.79 Å². The molecule has 1 saturated heterocycles. The van der Waals surface area contributed by atoms with Crippen molar-refractivity contribution in [2.45, 2.75) is 37.6 Å². The molecule has 35 heavy (non-hydrogen) atoms. The summed E-state index contributed by atoms with van der Waals surface area (Å²) in [6.07, 6.45) is 2.70. The van der Waals surface area contributed by atoms with Crippen molar-refractivity contribution >= 4 is 18.0 Å². The van der Waals surface area contributed by atoms with Crippen LogP contribution in [0.4, 0.5) is 4.79 Å². The molecule has 0 radical (unpaired) electrons. The number of hydrogen-bond donors (Lipinski definition) is 2. The van der Waals surface area contributed by atoms with Crippen molar-refractivity contribution in [3.05, 3.63) is 59.7 Å². The maximum absolute atomic E-state index is 13.0. The van der Waals surface area contributed by atoms with Crippen LogP contribution >= 0.6 is 0 Å². The molecule has 3 aliphatic carbocycles. The number of carbonyl (C=O) groups excluding carboxylic acids is 2. The summed E-state index contributed by atoms with van der Waals surface area (Å²) in [5.41, 5.74) is 4.75. The summed E-state index contributed by atoms with van der Waals surface area (Å²) < 4.78 is 5.69. The highest BCUT2D eigenvalue weighted by molar-refractivity contribution is 5.82. The minimum absolute atomic E-state index is 0.0186. The summed E-state index contributed by atoms with van der Waals surface area (Å²) in [6.45, 7) is 1.39. The van der Waals surface area contributed by atoms with Crippen molar-refractivity contribution in [3.63, 3.8) is 0 Å². The number of piperidine rings is 1. The Labute approximate surface area is 204 Å². The number of carboxylic acids is 1. The average Bonchev–Trinajstić information content (AvgIpc) is 3.22. The number of nitrogens with zero attached hydrogens (tertiary/aromatic N) is 1. The van der Waals surface area contributed by atoms with Crippen LogP contribution in [0.2, 0.25) is 0 Å². The van der Waals surface area contributed by atoms with Gasteiger partial charge in [-0.1, -0.05) is 55.0 Å². The SMILES string of the molecule is O=C(N[C@@H]1CCC[C@@H](C(=O)N2CC3C(C2)C3C(=O)O)C1)OCC1c2ccccc2-c2ccccc21. The first kappa shape index (κ1) is 22.1. The van der Waals surface area contributed by atoms with Crippen LogP contribution in [0.25, 0.3) is 11.1 Å². The summed E-state index contributed by atoms with van der Waals surface area (Å²) in [5.74, 6) is -0.760. The van der Waals surface area contributed by atoms with E-state index in [4.69, 9.17) is 4.74 Å². The second-order valence-corrected chi connectivity index (χ2v) is 10.5. The minimum Gasteiger partial charge on any atom is -0.481 e. The van der Waals surface area contributed by atoms with Crippen LogP contribution in [0, 0.1) is 23.7 Å². The van der Waals surface area contributed by atoms with E-state index in [9.17, 15) is 19.5 Å². The van der Waals surface area contributed by atoms with Crippen LogP contribution in [0.15, 0.2) is 48.5 Å². The van der Waals surface area contributed by atoms with Gasteiger partial charge in [0.15, 0.2) is 0 Å². The highest BCUT2D eigenvalue weighted by atomic mass is 16.5. The lowest BCUT2D eigenvalue weighted by Gasteiger charge is -2.32. The lowest BCUT2D eigenvalue weighted by atomic mass is 9.84. The van der Waals surface area contributed by atoms with E-state index in [-0.39, 0.29) is 48.1 Å². The van der Waals surface area contributed by atoms with E-state index in [0.29, 0.717) is 19.5 Å². The number of carboxylic acid groups (broad SMARTS) is 1. The Morgan fingerprint density at radius 2 is 1.57 bits per heavy atom. The summed E-state index contributed by atoms with van der Waals surface area (Å²) >= 11 is 0. The predicted molar refractivity (Wildman–Crippen MR) is 129 cm³/mol. The van der Waals surface area contributed by atoms with Crippen LogP contribution in [0.5, 0.6) is 0 Å². The van der Waals surface area contributed by atoms with Gasteiger partial charge < -0.3 is 20.1 Å². The molecule has 3 fully saturated rings. The number of aliphatic carboxylic acids is 1. The molecule has 0 spiro atoms. The maximum Gasteiger partial charge on any atom is 0.407 e. The molecular weight excluding hydrogens is 444 g/mol.